The molecule has 0 atom stereocenters. The molecule has 0 amide bonds. The molecule has 0 heterocycles. The van der Waals surface area contributed by atoms with Gasteiger partial charge in [-0.15, -0.1) is 0 Å². The topological polar surface area (TPSA) is 9.23 Å². The van der Waals surface area contributed by atoms with Crippen molar-refractivity contribution in [1.29, 1.82) is 0 Å². The minimum atomic E-state index is -0.545. The third-order valence-electron chi connectivity index (χ3n) is 1.66. The van der Waals surface area contributed by atoms with Crippen LogP contribution in [-0.4, -0.2) is 15.4 Å². The highest BCUT2D eigenvalue weighted by Crippen LogP contribution is 2.11. The Bertz CT molecular complexity index is 334. The van der Waals surface area contributed by atoms with Gasteiger partial charge in [-0.2, -0.15) is 0 Å². The Labute approximate surface area is 91.4 Å². The van der Waals surface area contributed by atoms with E-state index in [0.29, 0.717) is 11.6 Å². The van der Waals surface area contributed by atoms with E-state index >= 15 is 0 Å². The second-order valence-electron chi connectivity index (χ2n) is 4.27. The Balaban J connectivity index is 2.51. The molecule has 0 unspecified atom stereocenters. The van der Waals surface area contributed by atoms with Crippen LogP contribution in [0.2, 0.25) is 0 Å². The van der Waals surface area contributed by atoms with Crippen LogP contribution in [0, 0.1) is 11.6 Å². The van der Waals surface area contributed by atoms with E-state index in [1.54, 1.807) is 0 Å². The van der Waals surface area contributed by atoms with Crippen molar-refractivity contribution in [3.05, 3.63) is 35.4 Å². The number of rotatable bonds is 3. The second kappa shape index (κ2) is 4.85. The molecule has 82 valence electrons. The Kier molecular flexibility index (Phi) is 3.99. The summed E-state index contributed by atoms with van der Waals surface area (Å²) in [5, 5.41) is 0. The van der Waals surface area contributed by atoms with Crippen LogP contribution in [0.5, 0.6) is 0 Å². The van der Waals surface area contributed by atoms with Crippen molar-refractivity contribution in [3.63, 3.8) is 0 Å². The van der Waals surface area contributed by atoms with Gasteiger partial charge < -0.3 is 4.43 Å². The molecule has 0 fully saturated rings. The highest BCUT2D eigenvalue weighted by atomic mass is 28.2. The molecular formula is C11H14F2OSi. The van der Waals surface area contributed by atoms with E-state index in [2.05, 4.69) is 0 Å². The average Bonchev–Trinajstić information content (AvgIpc) is 2.07. The fraction of sp³-hybridized carbons (Fsp3) is 0.455. The molecule has 2 radical (unpaired) electrons. The maximum atomic E-state index is 13.2. The Morgan fingerprint density at radius 3 is 2.47 bits per heavy atom. The standard InChI is InChI=1S/C11H14F2OSi/c1-11(2,3)14-15-7-8-4-5-9(12)6-10(8)13/h4-6H,7H2,1-3H3. The zero-order valence-corrected chi connectivity index (χ0v) is 10.1. The third kappa shape index (κ3) is 4.53. The fourth-order valence-corrected chi connectivity index (χ4v) is 1.94. The third-order valence-corrected chi connectivity index (χ3v) is 2.94. The van der Waals surface area contributed by atoms with Crippen LogP contribution in [0.3, 0.4) is 0 Å². The lowest BCUT2D eigenvalue weighted by atomic mass is 10.2. The number of benzene rings is 1. The molecule has 0 N–H and O–H groups in total. The van der Waals surface area contributed by atoms with Crippen molar-refractivity contribution in [1.82, 2.24) is 0 Å². The molecule has 0 aliphatic rings. The molecule has 0 bridgehead atoms. The van der Waals surface area contributed by atoms with Crippen molar-refractivity contribution >= 4 is 9.76 Å². The van der Waals surface area contributed by atoms with E-state index in [-0.39, 0.29) is 15.4 Å². The molecular weight excluding hydrogens is 214 g/mol. The Morgan fingerprint density at radius 1 is 1.27 bits per heavy atom. The molecule has 15 heavy (non-hydrogen) atoms. The summed E-state index contributed by atoms with van der Waals surface area (Å²) in [5.41, 5.74) is 0.286. The zero-order chi connectivity index (χ0) is 11.5. The van der Waals surface area contributed by atoms with Crippen LogP contribution in [0.1, 0.15) is 26.3 Å². The first-order chi connectivity index (χ1) is 6.88. The van der Waals surface area contributed by atoms with Crippen molar-refractivity contribution in [2.45, 2.75) is 32.4 Å². The van der Waals surface area contributed by atoms with Crippen LogP contribution >= 0.6 is 0 Å². The smallest absolute Gasteiger partial charge is 0.235 e. The predicted molar refractivity (Wildman–Crippen MR) is 56.7 cm³/mol. The lowest BCUT2D eigenvalue weighted by Crippen LogP contribution is -2.23. The van der Waals surface area contributed by atoms with E-state index in [9.17, 15) is 8.78 Å². The zero-order valence-electron chi connectivity index (χ0n) is 9.10. The molecule has 1 rings (SSSR count). The maximum absolute atomic E-state index is 13.2. The minimum Gasteiger partial charge on any atom is -0.412 e. The highest BCUT2D eigenvalue weighted by Gasteiger charge is 2.11. The first kappa shape index (κ1) is 12.3. The van der Waals surface area contributed by atoms with Crippen molar-refractivity contribution in [3.8, 4) is 0 Å². The van der Waals surface area contributed by atoms with Crippen LogP contribution in [0.15, 0.2) is 18.2 Å². The van der Waals surface area contributed by atoms with Gasteiger partial charge in [0.25, 0.3) is 0 Å². The SMILES string of the molecule is CC(C)(C)O[Si]Cc1ccc(F)cc1F. The Morgan fingerprint density at radius 2 is 1.93 bits per heavy atom. The molecule has 0 saturated heterocycles. The quantitative estimate of drug-likeness (QED) is 0.723. The summed E-state index contributed by atoms with van der Waals surface area (Å²) in [6.07, 6.45) is 0. The van der Waals surface area contributed by atoms with Gasteiger partial charge >= 0.3 is 0 Å². The maximum Gasteiger partial charge on any atom is 0.235 e. The predicted octanol–water partition coefficient (Wildman–Crippen LogP) is 2.90. The molecule has 4 heteroatoms. The molecule has 0 spiro atoms. The van der Waals surface area contributed by atoms with Gasteiger partial charge in [0, 0.05) is 11.7 Å². The summed E-state index contributed by atoms with van der Waals surface area (Å²) >= 11 is 0. The summed E-state index contributed by atoms with van der Waals surface area (Å²) in [6, 6.07) is 4.12. The van der Waals surface area contributed by atoms with Gasteiger partial charge in [0.05, 0.1) is 0 Å². The second-order valence-corrected chi connectivity index (χ2v) is 5.12. The van der Waals surface area contributed by atoms with E-state index in [0.717, 1.165) is 6.07 Å². The van der Waals surface area contributed by atoms with E-state index < -0.39 is 11.6 Å². The molecule has 0 saturated carbocycles. The Hall–Kier alpha value is -0.743. The normalized spacial score (nSPS) is 11.8. The summed E-state index contributed by atoms with van der Waals surface area (Å²) in [5.74, 6) is -1.05. The number of hydrogen-bond donors (Lipinski definition) is 0. The van der Waals surface area contributed by atoms with Crippen molar-refractivity contribution in [2.75, 3.05) is 0 Å². The van der Waals surface area contributed by atoms with Crippen LogP contribution in [0.25, 0.3) is 0 Å². The number of halogens is 2. The van der Waals surface area contributed by atoms with Gasteiger partial charge in [-0.1, -0.05) is 6.07 Å². The summed E-state index contributed by atoms with van der Waals surface area (Å²) < 4.78 is 31.3. The molecule has 1 aromatic carbocycles. The van der Waals surface area contributed by atoms with Gasteiger partial charge in [-0.25, -0.2) is 8.78 Å². The molecule has 0 aliphatic carbocycles. The first-order valence-corrected chi connectivity index (χ1v) is 5.85. The lowest BCUT2D eigenvalue weighted by molar-refractivity contribution is 0.138. The van der Waals surface area contributed by atoms with E-state index in [1.807, 2.05) is 20.8 Å². The lowest BCUT2D eigenvalue weighted by Gasteiger charge is -2.19. The van der Waals surface area contributed by atoms with Crippen LogP contribution < -0.4 is 0 Å². The molecule has 0 aromatic heterocycles. The van der Waals surface area contributed by atoms with Gasteiger partial charge in [0.15, 0.2) is 0 Å². The monoisotopic (exact) mass is 228 g/mol. The number of hydrogen-bond acceptors (Lipinski definition) is 1. The van der Waals surface area contributed by atoms with E-state index in [1.165, 1.54) is 12.1 Å². The molecule has 1 aromatic rings. The van der Waals surface area contributed by atoms with Gasteiger partial charge in [0.2, 0.25) is 9.76 Å². The molecule has 1 nitrogen and oxygen atoms in total. The minimum absolute atomic E-state index is 0.192. The summed E-state index contributed by atoms with van der Waals surface area (Å²) in [6.45, 7) is 5.84. The van der Waals surface area contributed by atoms with E-state index in [4.69, 9.17) is 4.43 Å². The van der Waals surface area contributed by atoms with Crippen LogP contribution in [0.4, 0.5) is 8.78 Å². The summed E-state index contributed by atoms with van der Waals surface area (Å²) in [7, 11) is 0.192. The van der Waals surface area contributed by atoms with Gasteiger partial charge in [-0.05, 0) is 38.4 Å². The average molecular weight is 228 g/mol. The highest BCUT2D eigenvalue weighted by molar-refractivity contribution is 6.26. The van der Waals surface area contributed by atoms with Crippen LogP contribution in [-0.2, 0) is 10.5 Å². The summed E-state index contributed by atoms with van der Waals surface area (Å²) in [4.78, 5) is 0. The largest absolute Gasteiger partial charge is 0.412 e. The first-order valence-electron chi connectivity index (χ1n) is 4.73. The van der Waals surface area contributed by atoms with Gasteiger partial charge in [0.1, 0.15) is 11.6 Å². The fourth-order valence-electron chi connectivity index (χ4n) is 0.995. The molecule has 0 aliphatic heterocycles. The van der Waals surface area contributed by atoms with Crippen molar-refractivity contribution in [2.24, 2.45) is 0 Å². The van der Waals surface area contributed by atoms with Gasteiger partial charge in [-0.3, -0.25) is 0 Å². The van der Waals surface area contributed by atoms with Crippen molar-refractivity contribution < 1.29 is 13.2 Å².